The normalized spacial score (nSPS) is 12.2. The highest BCUT2D eigenvalue weighted by atomic mass is 16.6. The van der Waals surface area contributed by atoms with Crippen LogP contribution in [-0.4, -0.2) is 18.0 Å². The van der Waals surface area contributed by atoms with Gasteiger partial charge in [0, 0.05) is 30.4 Å². The zero-order valence-electron chi connectivity index (χ0n) is 10.2. The fourth-order valence-electron chi connectivity index (χ4n) is 1.59. The molecule has 0 N–H and O–H groups in total. The quantitative estimate of drug-likeness (QED) is 0.580. The first-order chi connectivity index (χ1) is 7.47. The first-order valence-electron chi connectivity index (χ1n) is 5.45. The van der Waals surface area contributed by atoms with Crippen molar-refractivity contribution in [3.8, 4) is 0 Å². The van der Waals surface area contributed by atoms with Gasteiger partial charge in [0.25, 0.3) is 5.69 Å². The molecule has 0 bridgehead atoms. The Labute approximate surface area is 96.0 Å². The molecule has 0 radical (unpaired) electrons. The van der Waals surface area contributed by atoms with Gasteiger partial charge in [0.1, 0.15) is 0 Å². The molecule has 0 saturated carbocycles. The van der Waals surface area contributed by atoms with Crippen LogP contribution in [0.4, 0.5) is 11.4 Å². The summed E-state index contributed by atoms with van der Waals surface area (Å²) in [7, 11) is 2.01. The van der Waals surface area contributed by atoms with Crippen molar-refractivity contribution in [2.75, 3.05) is 11.9 Å². The number of hydrogen-bond acceptors (Lipinski definition) is 3. The second-order valence-corrected chi connectivity index (χ2v) is 4.10. The topological polar surface area (TPSA) is 46.4 Å². The van der Waals surface area contributed by atoms with Gasteiger partial charge in [-0.1, -0.05) is 6.92 Å². The maximum Gasteiger partial charge on any atom is 0.272 e. The van der Waals surface area contributed by atoms with Crippen molar-refractivity contribution in [3.63, 3.8) is 0 Å². The average Bonchev–Trinajstić information content (AvgIpc) is 2.26. The van der Waals surface area contributed by atoms with E-state index in [-0.39, 0.29) is 10.6 Å². The lowest BCUT2D eigenvalue weighted by Gasteiger charge is -2.26. The van der Waals surface area contributed by atoms with Crippen molar-refractivity contribution >= 4 is 11.4 Å². The van der Waals surface area contributed by atoms with Crippen molar-refractivity contribution in [2.24, 2.45) is 0 Å². The lowest BCUT2D eigenvalue weighted by molar-refractivity contribution is -0.385. The van der Waals surface area contributed by atoms with Crippen LogP contribution < -0.4 is 4.90 Å². The number of anilines is 1. The summed E-state index contributed by atoms with van der Waals surface area (Å²) in [4.78, 5) is 12.5. The van der Waals surface area contributed by atoms with E-state index in [4.69, 9.17) is 0 Å². The largest absolute Gasteiger partial charge is 0.372 e. The molecule has 0 saturated heterocycles. The second-order valence-electron chi connectivity index (χ2n) is 4.10. The van der Waals surface area contributed by atoms with Gasteiger partial charge >= 0.3 is 0 Å². The van der Waals surface area contributed by atoms with Gasteiger partial charge in [0.2, 0.25) is 0 Å². The van der Waals surface area contributed by atoms with Crippen LogP contribution in [0.15, 0.2) is 18.2 Å². The summed E-state index contributed by atoms with van der Waals surface area (Å²) in [6.45, 7) is 6.03. The summed E-state index contributed by atoms with van der Waals surface area (Å²) in [5.41, 5.74) is 1.91. The van der Waals surface area contributed by atoms with Crippen LogP contribution in [0.5, 0.6) is 0 Å². The molecule has 4 heteroatoms. The molecular weight excluding hydrogens is 204 g/mol. The van der Waals surface area contributed by atoms with Crippen molar-refractivity contribution in [1.29, 1.82) is 0 Å². The maximum atomic E-state index is 10.7. The number of nitro benzene ring substituents is 1. The van der Waals surface area contributed by atoms with Gasteiger partial charge < -0.3 is 4.90 Å². The molecule has 0 heterocycles. The molecule has 0 fully saturated rings. The second kappa shape index (κ2) is 4.96. The molecule has 1 aromatic carbocycles. The molecule has 88 valence electrons. The van der Waals surface area contributed by atoms with Gasteiger partial charge in [-0.3, -0.25) is 10.1 Å². The van der Waals surface area contributed by atoms with E-state index in [2.05, 4.69) is 18.7 Å². The number of benzene rings is 1. The Hall–Kier alpha value is -1.58. The van der Waals surface area contributed by atoms with E-state index in [0.29, 0.717) is 11.6 Å². The summed E-state index contributed by atoms with van der Waals surface area (Å²) >= 11 is 0. The summed E-state index contributed by atoms with van der Waals surface area (Å²) in [5.74, 6) is 0. The maximum absolute atomic E-state index is 10.7. The van der Waals surface area contributed by atoms with E-state index in [9.17, 15) is 10.1 Å². The number of hydrogen-bond donors (Lipinski definition) is 0. The van der Waals surface area contributed by atoms with E-state index in [0.717, 1.165) is 12.1 Å². The Morgan fingerprint density at radius 1 is 1.50 bits per heavy atom. The SMILES string of the molecule is CCC(C)N(C)c1ccc([N+](=O)[O-])c(C)c1. The van der Waals surface area contributed by atoms with E-state index >= 15 is 0 Å². The summed E-state index contributed by atoms with van der Waals surface area (Å²) in [6, 6.07) is 5.67. The van der Waals surface area contributed by atoms with Crippen LogP contribution in [0.3, 0.4) is 0 Å². The van der Waals surface area contributed by atoms with Crippen LogP contribution in [0.2, 0.25) is 0 Å². The monoisotopic (exact) mass is 222 g/mol. The highest BCUT2D eigenvalue weighted by Crippen LogP contribution is 2.24. The highest BCUT2D eigenvalue weighted by Gasteiger charge is 2.13. The molecule has 1 aromatic rings. The molecule has 0 aliphatic rings. The van der Waals surface area contributed by atoms with Gasteiger partial charge in [0.05, 0.1) is 4.92 Å². The van der Waals surface area contributed by atoms with Crippen molar-refractivity contribution in [2.45, 2.75) is 33.2 Å². The van der Waals surface area contributed by atoms with E-state index < -0.39 is 0 Å². The summed E-state index contributed by atoms with van der Waals surface area (Å²) in [5, 5.41) is 10.7. The van der Waals surface area contributed by atoms with Gasteiger partial charge in [0.15, 0.2) is 0 Å². The molecule has 0 aliphatic carbocycles. The molecule has 1 unspecified atom stereocenters. The smallest absolute Gasteiger partial charge is 0.272 e. The molecule has 16 heavy (non-hydrogen) atoms. The van der Waals surface area contributed by atoms with E-state index in [1.165, 1.54) is 0 Å². The predicted octanol–water partition coefficient (Wildman–Crippen LogP) is 3.14. The van der Waals surface area contributed by atoms with Crippen LogP contribution in [-0.2, 0) is 0 Å². The van der Waals surface area contributed by atoms with Crippen molar-refractivity contribution in [1.82, 2.24) is 0 Å². The Morgan fingerprint density at radius 2 is 2.12 bits per heavy atom. The molecule has 4 nitrogen and oxygen atoms in total. The zero-order valence-corrected chi connectivity index (χ0v) is 10.2. The van der Waals surface area contributed by atoms with Crippen molar-refractivity contribution in [3.05, 3.63) is 33.9 Å². The Morgan fingerprint density at radius 3 is 2.56 bits per heavy atom. The lowest BCUT2D eigenvalue weighted by Crippen LogP contribution is -2.27. The molecule has 0 spiro atoms. The van der Waals surface area contributed by atoms with Gasteiger partial charge in [-0.25, -0.2) is 0 Å². The fourth-order valence-corrected chi connectivity index (χ4v) is 1.59. The highest BCUT2D eigenvalue weighted by molar-refractivity contribution is 5.55. The Bertz CT molecular complexity index is 391. The third-order valence-electron chi connectivity index (χ3n) is 3.04. The molecular formula is C12H18N2O2. The number of nitrogens with zero attached hydrogens (tertiary/aromatic N) is 2. The van der Waals surface area contributed by atoms with Crippen LogP contribution in [0.1, 0.15) is 25.8 Å². The lowest BCUT2D eigenvalue weighted by atomic mass is 10.1. The first-order valence-corrected chi connectivity index (χ1v) is 5.45. The average molecular weight is 222 g/mol. The zero-order chi connectivity index (χ0) is 12.3. The summed E-state index contributed by atoms with van der Waals surface area (Å²) < 4.78 is 0. The molecule has 0 aromatic heterocycles. The fraction of sp³-hybridized carbons (Fsp3) is 0.500. The Kier molecular flexibility index (Phi) is 3.88. The minimum absolute atomic E-state index is 0.182. The summed E-state index contributed by atoms with van der Waals surface area (Å²) in [6.07, 6.45) is 1.05. The van der Waals surface area contributed by atoms with E-state index in [1.807, 2.05) is 13.1 Å². The standard InChI is InChI=1S/C12H18N2O2/c1-5-10(3)13(4)11-6-7-12(14(15)16)9(2)8-11/h6-8,10H,5H2,1-4H3. The van der Waals surface area contributed by atoms with Crippen LogP contribution in [0, 0.1) is 17.0 Å². The molecule has 0 aliphatic heterocycles. The first kappa shape index (κ1) is 12.5. The number of rotatable bonds is 4. The molecule has 1 atom stereocenters. The van der Waals surface area contributed by atoms with Crippen LogP contribution in [0.25, 0.3) is 0 Å². The third kappa shape index (κ3) is 2.51. The van der Waals surface area contributed by atoms with Gasteiger partial charge in [-0.2, -0.15) is 0 Å². The van der Waals surface area contributed by atoms with Crippen LogP contribution >= 0.6 is 0 Å². The predicted molar refractivity (Wildman–Crippen MR) is 66.0 cm³/mol. The Balaban J connectivity index is 3.01. The minimum Gasteiger partial charge on any atom is -0.372 e. The van der Waals surface area contributed by atoms with Gasteiger partial charge in [-0.15, -0.1) is 0 Å². The van der Waals surface area contributed by atoms with Crippen molar-refractivity contribution < 1.29 is 4.92 Å². The minimum atomic E-state index is -0.345. The van der Waals surface area contributed by atoms with E-state index in [1.54, 1.807) is 19.1 Å². The molecule has 1 rings (SSSR count). The van der Waals surface area contributed by atoms with Gasteiger partial charge in [-0.05, 0) is 32.4 Å². The number of aryl methyl sites for hydroxylation is 1. The molecule has 0 amide bonds. The number of nitro groups is 1. The third-order valence-corrected chi connectivity index (χ3v) is 3.04.